The molecule has 9 heteroatoms. The van der Waals surface area contributed by atoms with Gasteiger partial charge in [-0.2, -0.15) is 13.2 Å². The van der Waals surface area contributed by atoms with Crippen molar-refractivity contribution in [2.45, 2.75) is 37.4 Å². The standard InChI is InChI=1S/C21H22F4N2O2S/c1-13-7-15(10-20(28)29)9-17(8-13)30-27-6-5-26(12-14(27)2)16-3-4-18(19(22)11-16)21(23,24)25/h3-4,7-9,11,14H,5-6,10,12H2,1-2H3,(H,28,29). The van der Waals surface area contributed by atoms with E-state index in [1.807, 2.05) is 36.9 Å². The Morgan fingerprint density at radius 3 is 2.53 bits per heavy atom. The molecule has 1 atom stereocenters. The van der Waals surface area contributed by atoms with Crippen molar-refractivity contribution >= 4 is 23.6 Å². The van der Waals surface area contributed by atoms with Crippen molar-refractivity contribution in [1.29, 1.82) is 0 Å². The van der Waals surface area contributed by atoms with Crippen LogP contribution in [0.4, 0.5) is 23.2 Å². The van der Waals surface area contributed by atoms with Gasteiger partial charge in [0.25, 0.3) is 0 Å². The molecule has 0 bridgehead atoms. The van der Waals surface area contributed by atoms with Gasteiger partial charge in [-0.25, -0.2) is 8.70 Å². The van der Waals surface area contributed by atoms with Gasteiger partial charge in [0.05, 0.1) is 12.0 Å². The average molecular weight is 442 g/mol. The summed E-state index contributed by atoms with van der Waals surface area (Å²) in [5.74, 6) is -2.16. The van der Waals surface area contributed by atoms with Gasteiger partial charge in [0.2, 0.25) is 0 Å². The third-order valence-electron chi connectivity index (χ3n) is 4.88. The van der Waals surface area contributed by atoms with E-state index in [1.165, 1.54) is 18.0 Å². The van der Waals surface area contributed by atoms with Crippen molar-refractivity contribution < 1.29 is 27.5 Å². The van der Waals surface area contributed by atoms with Crippen molar-refractivity contribution in [2.24, 2.45) is 0 Å². The largest absolute Gasteiger partial charge is 0.481 e. The summed E-state index contributed by atoms with van der Waals surface area (Å²) < 4.78 is 54.4. The van der Waals surface area contributed by atoms with Crippen LogP contribution in [-0.4, -0.2) is 41.1 Å². The first kappa shape index (κ1) is 22.4. The van der Waals surface area contributed by atoms with Crippen LogP contribution in [0.1, 0.15) is 23.6 Å². The highest BCUT2D eigenvalue weighted by molar-refractivity contribution is 7.97. The Labute approximate surface area is 176 Å². The minimum atomic E-state index is -4.71. The molecule has 0 radical (unpaired) electrons. The molecular formula is C21H22F4N2O2S. The summed E-state index contributed by atoms with van der Waals surface area (Å²) in [6, 6.07) is 8.78. The Morgan fingerprint density at radius 2 is 1.93 bits per heavy atom. The molecular weight excluding hydrogens is 420 g/mol. The molecule has 1 saturated heterocycles. The van der Waals surface area contributed by atoms with Gasteiger partial charge in [0.1, 0.15) is 5.82 Å². The molecule has 2 aromatic rings. The number of carbonyl (C=O) groups is 1. The Morgan fingerprint density at radius 1 is 1.20 bits per heavy atom. The van der Waals surface area contributed by atoms with Crippen LogP contribution in [0.3, 0.4) is 0 Å². The number of hydrogen-bond acceptors (Lipinski definition) is 4. The lowest BCUT2D eigenvalue weighted by atomic mass is 10.1. The van der Waals surface area contributed by atoms with E-state index < -0.39 is 23.5 Å². The Kier molecular flexibility index (Phi) is 6.62. The van der Waals surface area contributed by atoms with Gasteiger partial charge in [-0.3, -0.25) is 4.79 Å². The Bertz CT molecular complexity index is 936. The molecule has 1 unspecified atom stereocenters. The SMILES string of the molecule is Cc1cc(CC(=O)O)cc(SN2CCN(c3ccc(C(F)(F)F)c(F)c3)CC2C)c1. The van der Waals surface area contributed by atoms with Gasteiger partial charge >= 0.3 is 12.1 Å². The zero-order chi connectivity index (χ0) is 22.1. The van der Waals surface area contributed by atoms with Gasteiger partial charge in [-0.15, -0.1) is 0 Å². The number of rotatable bonds is 5. The quantitative estimate of drug-likeness (QED) is 0.522. The second kappa shape index (κ2) is 8.85. The van der Waals surface area contributed by atoms with Crippen LogP contribution in [0.5, 0.6) is 0 Å². The first-order valence-electron chi connectivity index (χ1n) is 9.41. The number of anilines is 1. The van der Waals surface area contributed by atoms with Crippen LogP contribution < -0.4 is 4.90 Å². The predicted molar refractivity (Wildman–Crippen MR) is 108 cm³/mol. The van der Waals surface area contributed by atoms with Gasteiger partial charge in [-0.1, -0.05) is 6.07 Å². The molecule has 0 spiro atoms. The fourth-order valence-corrected chi connectivity index (χ4v) is 4.66. The fraction of sp³-hybridized carbons (Fsp3) is 0.381. The monoisotopic (exact) mass is 442 g/mol. The van der Waals surface area contributed by atoms with Gasteiger partial charge in [0, 0.05) is 36.3 Å². The number of halogens is 4. The highest BCUT2D eigenvalue weighted by Crippen LogP contribution is 2.34. The highest BCUT2D eigenvalue weighted by atomic mass is 32.2. The van der Waals surface area contributed by atoms with Crippen LogP contribution in [0.25, 0.3) is 0 Å². The van der Waals surface area contributed by atoms with Crippen molar-refractivity contribution in [3.63, 3.8) is 0 Å². The lowest BCUT2D eigenvalue weighted by Crippen LogP contribution is -2.49. The molecule has 0 saturated carbocycles. The summed E-state index contributed by atoms with van der Waals surface area (Å²) in [5, 5.41) is 9.02. The van der Waals surface area contributed by atoms with Crippen LogP contribution in [0, 0.1) is 12.7 Å². The zero-order valence-corrected chi connectivity index (χ0v) is 17.4. The third kappa shape index (κ3) is 5.46. The molecule has 3 rings (SSSR count). The second-order valence-corrected chi connectivity index (χ2v) is 8.54. The van der Waals surface area contributed by atoms with Crippen molar-refractivity contribution in [2.75, 3.05) is 24.5 Å². The molecule has 2 aromatic carbocycles. The second-order valence-electron chi connectivity index (χ2n) is 7.41. The first-order valence-corrected chi connectivity index (χ1v) is 10.2. The number of piperazine rings is 1. The zero-order valence-electron chi connectivity index (χ0n) is 16.5. The summed E-state index contributed by atoms with van der Waals surface area (Å²) in [6.07, 6.45) is -4.75. The normalized spacial score (nSPS) is 17.9. The molecule has 1 N–H and O–H groups in total. The van der Waals surface area contributed by atoms with E-state index in [0.717, 1.165) is 28.2 Å². The number of hydrogen-bond donors (Lipinski definition) is 1. The minimum absolute atomic E-state index is 0.0436. The summed E-state index contributed by atoms with van der Waals surface area (Å²) in [7, 11) is 0. The predicted octanol–water partition coefficient (Wildman–Crippen LogP) is 5.00. The van der Waals surface area contributed by atoms with Gasteiger partial charge < -0.3 is 10.0 Å². The molecule has 162 valence electrons. The number of carboxylic acids is 1. The summed E-state index contributed by atoms with van der Waals surface area (Å²) in [6.45, 7) is 5.60. The van der Waals surface area contributed by atoms with Crippen LogP contribution in [-0.2, 0) is 17.4 Å². The van der Waals surface area contributed by atoms with E-state index in [2.05, 4.69) is 4.31 Å². The number of nitrogens with zero attached hydrogens (tertiary/aromatic N) is 2. The maximum Gasteiger partial charge on any atom is 0.419 e. The highest BCUT2D eigenvalue weighted by Gasteiger charge is 2.34. The van der Waals surface area contributed by atoms with E-state index in [4.69, 9.17) is 5.11 Å². The maximum absolute atomic E-state index is 13.9. The van der Waals surface area contributed by atoms with Crippen LogP contribution in [0.2, 0.25) is 0 Å². The van der Waals surface area contributed by atoms with Crippen LogP contribution in [0.15, 0.2) is 41.3 Å². The summed E-state index contributed by atoms with van der Waals surface area (Å²) in [4.78, 5) is 13.8. The summed E-state index contributed by atoms with van der Waals surface area (Å²) in [5.41, 5.74) is 0.876. The van der Waals surface area contributed by atoms with Crippen LogP contribution >= 0.6 is 11.9 Å². The van der Waals surface area contributed by atoms with Crippen molar-refractivity contribution in [3.8, 4) is 0 Å². The van der Waals surface area contributed by atoms with E-state index in [9.17, 15) is 22.4 Å². The maximum atomic E-state index is 13.9. The number of benzene rings is 2. The van der Waals surface area contributed by atoms with Gasteiger partial charge in [0.15, 0.2) is 0 Å². The molecule has 30 heavy (non-hydrogen) atoms. The molecule has 0 aromatic heterocycles. The van der Waals surface area contributed by atoms with Gasteiger partial charge in [-0.05, 0) is 67.3 Å². The number of aryl methyl sites for hydroxylation is 1. The molecule has 1 aliphatic heterocycles. The van der Waals surface area contributed by atoms with Crippen molar-refractivity contribution in [3.05, 3.63) is 58.9 Å². The molecule has 0 aliphatic carbocycles. The third-order valence-corrected chi connectivity index (χ3v) is 6.10. The Hall–Kier alpha value is -2.26. The average Bonchev–Trinajstić information content (AvgIpc) is 2.61. The number of alkyl halides is 3. The minimum Gasteiger partial charge on any atom is -0.481 e. The molecule has 1 aliphatic rings. The fourth-order valence-electron chi connectivity index (χ4n) is 3.53. The Balaban J connectivity index is 1.68. The van der Waals surface area contributed by atoms with E-state index in [0.29, 0.717) is 25.3 Å². The molecule has 1 fully saturated rings. The van der Waals surface area contributed by atoms with E-state index >= 15 is 0 Å². The lowest BCUT2D eigenvalue weighted by molar-refractivity contribution is -0.140. The van der Waals surface area contributed by atoms with Crippen molar-refractivity contribution in [1.82, 2.24) is 4.31 Å². The number of aliphatic carboxylic acids is 1. The smallest absolute Gasteiger partial charge is 0.419 e. The lowest BCUT2D eigenvalue weighted by Gasteiger charge is -2.40. The molecule has 4 nitrogen and oxygen atoms in total. The van der Waals surface area contributed by atoms with E-state index in [1.54, 1.807) is 0 Å². The van der Waals surface area contributed by atoms with E-state index in [-0.39, 0.29) is 12.5 Å². The molecule has 0 amide bonds. The first-order chi connectivity index (χ1) is 14.0. The number of carboxylic acid groups (broad SMARTS) is 1. The molecule has 1 heterocycles. The topological polar surface area (TPSA) is 43.8 Å². The summed E-state index contributed by atoms with van der Waals surface area (Å²) >= 11 is 1.53.